The van der Waals surface area contributed by atoms with Crippen molar-refractivity contribution >= 4 is 22.8 Å². The van der Waals surface area contributed by atoms with Crippen molar-refractivity contribution in [2.45, 2.75) is 18.9 Å². The van der Waals surface area contributed by atoms with Crippen molar-refractivity contribution in [3.63, 3.8) is 0 Å². The molecule has 2 atom stereocenters. The summed E-state index contributed by atoms with van der Waals surface area (Å²) in [6.07, 6.45) is 2.05. The van der Waals surface area contributed by atoms with Gasteiger partial charge in [0, 0.05) is 42.7 Å². The van der Waals surface area contributed by atoms with E-state index in [9.17, 15) is 9.59 Å². The number of imide groups is 1. The fourth-order valence-corrected chi connectivity index (χ4v) is 3.77. The normalized spacial score (nSPS) is 16.2. The highest BCUT2D eigenvalue weighted by molar-refractivity contribution is 5.98. The molecule has 3 N–H and O–H groups in total. The first-order valence-electron chi connectivity index (χ1n) is 9.58. The lowest BCUT2D eigenvalue weighted by atomic mass is 9.90. The van der Waals surface area contributed by atoms with Crippen LogP contribution in [0.3, 0.4) is 0 Å². The molecule has 28 heavy (non-hydrogen) atoms. The molecule has 0 bridgehead atoms. The van der Waals surface area contributed by atoms with Gasteiger partial charge in [-0.2, -0.15) is 0 Å². The molecule has 1 aliphatic rings. The minimum Gasteiger partial charge on any atom is -0.361 e. The Bertz CT molecular complexity index is 982. The molecular weight excluding hydrogens is 352 g/mol. The molecule has 2 aromatic carbocycles. The number of hydrogen-bond acceptors (Lipinski definition) is 3. The lowest BCUT2D eigenvalue weighted by molar-refractivity contribution is -0.129. The quantitative estimate of drug-likeness (QED) is 0.619. The molecule has 144 valence electrons. The number of hydrogen-bond donors (Lipinski definition) is 3. The van der Waals surface area contributed by atoms with Gasteiger partial charge in [-0.05, 0) is 24.1 Å². The number of fused-ring (bicyclic) bond motifs is 1. The number of rotatable bonds is 6. The Labute approximate surface area is 163 Å². The second kappa shape index (κ2) is 7.86. The second-order valence-corrected chi connectivity index (χ2v) is 7.10. The van der Waals surface area contributed by atoms with E-state index in [1.165, 1.54) is 21.4 Å². The van der Waals surface area contributed by atoms with Gasteiger partial charge in [-0.15, -0.1) is 0 Å². The average molecular weight is 376 g/mol. The number of benzene rings is 2. The summed E-state index contributed by atoms with van der Waals surface area (Å²) in [4.78, 5) is 29.0. The fraction of sp³-hybridized carbons (Fsp3) is 0.273. The number of aromatic nitrogens is 1. The first-order chi connectivity index (χ1) is 13.6. The lowest BCUT2D eigenvalue weighted by Crippen LogP contribution is -2.47. The molecule has 4 rings (SSSR count). The maximum absolute atomic E-state index is 12.6. The zero-order valence-electron chi connectivity index (χ0n) is 15.8. The van der Waals surface area contributed by atoms with Crippen LogP contribution >= 0.6 is 0 Å². The number of carbonyl (C=O) groups is 2. The van der Waals surface area contributed by atoms with E-state index in [0.29, 0.717) is 19.6 Å². The Balaban J connectivity index is 1.57. The van der Waals surface area contributed by atoms with Crippen LogP contribution in [0.2, 0.25) is 0 Å². The van der Waals surface area contributed by atoms with Gasteiger partial charge >= 0.3 is 6.03 Å². The van der Waals surface area contributed by atoms with Gasteiger partial charge < -0.3 is 15.6 Å². The minimum atomic E-state index is -0.444. The van der Waals surface area contributed by atoms with Crippen molar-refractivity contribution in [2.75, 3.05) is 19.6 Å². The van der Waals surface area contributed by atoms with Crippen LogP contribution in [-0.4, -0.2) is 47.5 Å². The highest BCUT2D eigenvalue weighted by atomic mass is 16.2. The molecule has 6 heteroatoms. The van der Waals surface area contributed by atoms with Gasteiger partial charge in [0.1, 0.15) is 0 Å². The largest absolute Gasteiger partial charge is 0.361 e. The number of para-hydroxylation sites is 1. The molecule has 1 aromatic heterocycles. The Morgan fingerprint density at radius 3 is 2.64 bits per heavy atom. The van der Waals surface area contributed by atoms with E-state index in [4.69, 9.17) is 0 Å². The first kappa shape index (κ1) is 18.3. The number of nitrogens with zero attached hydrogens (tertiary/aromatic N) is 1. The van der Waals surface area contributed by atoms with Crippen molar-refractivity contribution < 1.29 is 9.59 Å². The van der Waals surface area contributed by atoms with Crippen molar-refractivity contribution in [3.8, 4) is 0 Å². The van der Waals surface area contributed by atoms with E-state index in [-0.39, 0.29) is 17.9 Å². The van der Waals surface area contributed by atoms with Crippen LogP contribution in [0.5, 0.6) is 0 Å². The van der Waals surface area contributed by atoms with E-state index in [1.54, 1.807) is 0 Å². The molecule has 6 nitrogen and oxygen atoms in total. The average Bonchev–Trinajstić information content (AvgIpc) is 3.35. The summed E-state index contributed by atoms with van der Waals surface area (Å²) in [6, 6.07) is 17.7. The van der Waals surface area contributed by atoms with E-state index < -0.39 is 6.04 Å². The van der Waals surface area contributed by atoms with Gasteiger partial charge in [0.2, 0.25) is 5.91 Å². The van der Waals surface area contributed by atoms with Crippen LogP contribution in [0, 0.1) is 0 Å². The van der Waals surface area contributed by atoms with Crippen molar-refractivity contribution in [1.82, 2.24) is 20.5 Å². The van der Waals surface area contributed by atoms with Crippen LogP contribution in [0.1, 0.15) is 24.0 Å². The van der Waals surface area contributed by atoms with Crippen molar-refractivity contribution in [1.29, 1.82) is 0 Å². The van der Waals surface area contributed by atoms with Crippen LogP contribution in [0.4, 0.5) is 4.79 Å². The minimum absolute atomic E-state index is 0.0833. The van der Waals surface area contributed by atoms with Gasteiger partial charge in [0.15, 0.2) is 0 Å². The van der Waals surface area contributed by atoms with E-state index in [1.807, 2.05) is 43.5 Å². The number of carbonyl (C=O) groups excluding carboxylic acids is 2. The molecule has 0 aliphatic carbocycles. The van der Waals surface area contributed by atoms with Crippen molar-refractivity contribution in [2.24, 2.45) is 0 Å². The highest BCUT2D eigenvalue weighted by Crippen LogP contribution is 2.30. The van der Waals surface area contributed by atoms with E-state index in [0.717, 1.165) is 5.52 Å². The molecule has 0 unspecified atom stereocenters. The number of aromatic amines is 1. The molecule has 3 amide bonds. The molecule has 0 saturated carbocycles. The highest BCUT2D eigenvalue weighted by Gasteiger charge is 2.30. The third kappa shape index (κ3) is 3.51. The van der Waals surface area contributed by atoms with Gasteiger partial charge in [0.05, 0.1) is 6.04 Å². The summed E-state index contributed by atoms with van der Waals surface area (Å²) < 4.78 is 0. The van der Waals surface area contributed by atoms with Gasteiger partial charge in [-0.3, -0.25) is 9.69 Å². The number of H-pyrrole nitrogens is 1. The summed E-state index contributed by atoms with van der Waals surface area (Å²) >= 11 is 0. The first-order valence-corrected chi connectivity index (χ1v) is 9.58. The Kier molecular flexibility index (Phi) is 5.12. The Hall–Kier alpha value is -3.12. The SMILES string of the molecule is C[C@H](NC[C@H](c1ccccc1)c1c[nH]c2ccccc12)C(=O)N1CCNC1=O. The number of urea groups is 1. The van der Waals surface area contributed by atoms with E-state index in [2.05, 4.69) is 39.9 Å². The predicted octanol–water partition coefficient (Wildman–Crippen LogP) is 2.83. The topological polar surface area (TPSA) is 77.2 Å². The van der Waals surface area contributed by atoms with E-state index >= 15 is 0 Å². The van der Waals surface area contributed by atoms with Crippen molar-refractivity contribution in [3.05, 3.63) is 71.9 Å². The summed E-state index contributed by atoms with van der Waals surface area (Å²) in [7, 11) is 0. The summed E-state index contributed by atoms with van der Waals surface area (Å²) in [6.45, 7) is 3.34. The molecule has 1 fully saturated rings. The third-order valence-electron chi connectivity index (χ3n) is 5.32. The zero-order chi connectivity index (χ0) is 19.5. The monoisotopic (exact) mass is 376 g/mol. The van der Waals surface area contributed by atoms with Gasteiger partial charge in [-0.1, -0.05) is 48.5 Å². The summed E-state index contributed by atoms with van der Waals surface area (Å²) in [5.41, 5.74) is 3.46. The smallest absolute Gasteiger partial charge is 0.324 e. The Morgan fingerprint density at radius 2 is 1.89 bits per heavy atom. The van der Waals surface area contributed by atoms with Crippen LogP contribution in [-0.2, 0) is 4.79 Å². The second-order valence-electron chi connectivity index (χ2n) is 7.10. The molecule has 1 aliphatic heterocycles. The molecule has 0 radical (unpaired) electrons. The molecule has 0 spiro atoms. The maximum Gasteiger partial charge on any atom is 0.324 e. The third-order valence-corrected chi connectivity index (χ3v) is 5.32. The number of amides is 3. The number of nitrogens with one attached hydrogen (secondary N) is 3. The lowest BCUT2D eigenvalue weighted by Gasteiger charge is -2.23. The van der Waals surface area contributed by atoms with Gasteiger partial charge in [0.25, 0.3) is 0 Å². The molecular formula is C22H24N4O2. The van der Waals surface area contributed by atoms with Crippen LogP contribution in [0.25, 0.3) is 10.9 Å². The standard InChI is InChI=1S/C22H24N4O2/c1-15(21(27)26-12-11-23-22(26)28)24-13-18(16-7-3-2-4-8-16)19-14-25-20-10-6-5-9-17(19)20/h2-10,14-15,18,24-25H,11-13H2,1H3,(H,23,28)/t15-,18+/m0/s1. The molecule has 1 saturated heterocycles. The van der Waals surface area contributed by atoms with Crippen LogP contribution < -0.4 is 10.6 Å². The summed E-state index contributed by atoms with van der Waals surface area (Å²) in [5.74, 6) is -0.110. The van der Waals surface area contributed by atoms with Gasteiger partial charge in [-0.25, -0.2) is 4.79 Å². The zero-order valence-corrected chi connectivity index (χ0v) is 15.8. The molecule has 2 heterocycles. The Morgan fingerprint density at radius 1 is 1.14 bits per heavy atom. The maximum atomic E-state index is 12.6. The fourth-order valence-electron chi connectivity index (χ4n) is 3.77. The summed E-state index contributed by atoms with van der Waals surface area (Å²) in [5, 5.41) is 7.20. The van der Waals surface area contributed by atoms with Crippen LogP contribution in [0.15, 0.2) is 60.8 Å². The molecule has 3 aromatic rings. The predicted molar refractivity (Wildman–Crippen MR) is 109 cm³/mol.